The molecule has 0 saturated carbocycles. The Hall–Kier alpha value is -1.71. The summed E-state index contributed by atoms with van der Waals surface area (Å²) in [4.78, 5) is 11.8. The average Bonchev–Trinajstić information content (AvgIpc) is 2.46. The van der Waals surface area contributed by atoms with Crippen molar-refractivity contribution < 1.29 is 9.53 Å². The molecule has 2 rings (SSSR count). The Labute approximate surface area is 133 Å². The molecule has 0 heterocycles. The molecule has 0 bridgehead atoms. The van der Waals surface area contributed by atoms with Crippen LogP contribution in [-0.4, -0.2) is 13.1 Å². The zero-order valence-corrected chi connectivity index (χ0v) is 13.2. The minimum Gasteiger partial charge on any atom is -0.465 e. The van der Waals surface area contributed by atoms with Gasteiger partial charge in [0.25, 0.3) is 0 Å². The van der Waals surface area contributed by atoms with E-state index in [1.54, 1.807) is 24.3 Å². The van der Waals surface area contributed by atoms with Crippen molar-refractivity contribution in [3.63, 3.8) is 0 Å². The number of benzene rings is 2. The Morgan fingerprint density at radius 1 is 1.19 bits per heavy atom. The van der Waals surface area contributed by atoms with Crippen LogP contribution in [0.5, 0.6) is 0 Å². The predicted octanol–water partition coefficient (Wildman–Crippen LogP) is 4.95. The topological polar surface area (TPSA) is 38.3 Å². The quantitative estimate of drug-likeness (QED) is 0.809. The summed E-state index contributed by atoms with van der Waals surface area (Å²) in [5.41, 5.74) is 2.08. The van der Waals surface area contributed by atoms with Crippen molar-refractivity contribution in [3.05, 3.63) is 63.6 Å². The van der Waals surface area contributed by atoms with Gasteiger partial charge in [0.2, 0.25) is 0 Å². The van der Waals surface area contributed by atoms with E-state index >= 15 is 0 Å². The molecule has 0 radical (unpaired) electrons. The Morgan fingerprint density at radius 3 is 2.57 bits per heavy atom. The minimum absolute atomic E-state index is 0.0828. The van der Waals surface area contributed by atoms with Crippen LogP contribution in [0.15, 0.2) is 42.5 Å². The largest absolute Gasteiger partial charge is 0.465 e. The summed E-state index contributed by atoms with van der Waals surface area (Å²) in [6, 6.07) is 12.4. The van der Waals surface area contributed by atoms with Crippen molar-refractivity contribution in [3.8, 4) is 0 Å². The molecule has 0 aliphatic rings. The maximum Gasteiger partial charge on any atom is 0.339 e. The van der Waals surface area contributed by atoms with Crippen LogP contribution in [0.1, 0.15) is 28.9 Å². The molecule has 0 fully saturated rings. The van der Waals surface area contributed by atoms with Gasteiger partial charge in [-0.3, -0.25) is 0 Å². The van der Waals surface area contributed by atoms with Crippen molar-refractivity contribution >= 4 is 34.9 Å². The van der Waals surface area contributed by atoms with E-state index in [0.717, 1.165) is 5.56 Å². The highest BCUT2D eigenvalue weighted by molar-refractivity contribution is 6.35. The number of esters is 1. The third-order valence-corrected chi connectivity index (χ3v) is 3.70. The predicted molar refractivity (Wildman–Crippen MR) is 86.3 cm³/mol. The lowest BCUT2D eigenvalue weighted by Gasteiger charge is -2.19. The van der Waals surface area contributed by atoms with Gasteiger partial charge in [0.15, 0.2) is 0 Å². The van der Waals surface area contributed by atoms with Gasteiger partial charge in [-0.15, -0.1) is 0 Å². The molecule has 5 heteroatoms. The van der Waals surface area contributed by atoms with Crippen LogP contribution < -0.4 is 5.32 Å². The molecule has 110 valence electrons. The third kappa shape index (κ3) is 3.69. The van der Waals surface area contributed by atoms with E-state index in [1.165, 1.54) is 7.11 Å². The zero-order chi connectivity index (χ0) is 15.4. The lowest BCUT2D eigenvalue weighted by atomic mass is 10.1. The molecule has 2 aromatic rings. The van der Waals surface area contributed by atoms with Crippen molar-refractivity contribution in [2.75, 3.05) is 12.4 Å². The third-order valence-electron chi connectivity index (χ3n) is 3.13. The lowest BCUT2D eigenvalue weighted by Crippen LogP contribution is -2.12. The molecule has 1 unspecified atom stereocenters. The highest BCUT2D eigenvalue weighted by Gasteiger charge is 2.15. The number of carbonyl (C=O) groups is 1. The zero-order valence-electron chi connectivity index (χ0n) is 11.7. The van der Waals surface area contributed by atoms with E-state index in [2.05, 4.69) is 5.32 Å². The number of hydrogen-bond donors (Lipinski definition) is 1. The van der Waals surface area contributed by atoms with Crippen LogP contribution in [0.25, 0.3) is 0 Å². The van der Waals surface area contributed by atoms with Crippen molar-refractivity contribution in [2.45, 2.75) is 13.0 Å². The summed E-state index contributed by atoms with van der Waals surface area (Å²) in [5.74, 6) is -0.382. The van der Waals surface area contributed by atoms with E-state index in [1.807, 2.05) is 25.1 Å². The molecule has 0 spiro atoms. The molecule has 0 aliphatic heterocycles. The van der Waals surface area contributed by atoms with Crippen LogP contribution in [-0.2, 0) is 4.74 Å². The fourth-order valence-electron chi connectivity index (χ4n) is 2.06. The van der Waals surface area contributed by atoms with Gasteiger partial charge in [-0.2, -0.15) is 0 Å². The number of nitrogens with one attached hydrogen (secondary N) is 1. The highest BCUT2D eigenvalue weighted by Crippen LogP contribution is 2.29. The first kappa shape index (κ1) is 15.7. The molecule has 21 heavy (non-hydrogen) atoms. The fourth-order valence-corrected chi connectivity index (χ4v) is 2.63. The smallest absolute Gasteiger partial charge is 0.339 e. The number of ether oxygens (including phenoxy) is 1. The Kier molecular flexibility index (Phi) is 5.10. The normalized spacial score (nSPS) is 11.8. The highest BCUT2D eigenvalue weighted by atomic mass is 35.5. The van der Waals surface area contributed by atoms with E-state index in [4.69, 9.17) is 27.9 Å². The van der Waals surface area contributed by atoms with E-state index in [0.29, 0.717) is 21.3 Å². The second-order valence-corrected chi connectivity index (χ2v) is 5.41. The summed E-state index contributed by atoms with van der Waals surface area (Å²) < 4.78 is 4.78. The maximum atomic E-state index is 11.8. The van der Waals surface area contributed by atoms with Gasteiger partial charge >= 0.3 is 5.97 Å². The van der Waals surface area contributed by atoms with Crippen LogP contribution in [0.4, 0.5) is 5.69 Å². The summed E-state index contributed by atoms with van der Waals surface area (Å²) >= 11 is 12.1. The number of halogens is 2. The molecule has 0 amide bonds. The van der Waals surface area contributed by atoms with Crippen molar-refractivity contribution in [2.24, 2.45) is 0 Å². The SMILES string of the molecule is COC(=O)c1ccccc1NC(C)c1ccc(Cl)cc1Cl. The van der Waals surface area contributed by atoms with Crippen LogP contribution in [0.2, 0.25) is 10.0 Å². The summed E-state index contributed by atoms with van der Waals surface area (Å²) in [6.45, 7) is 1.96. The van der Waals surface area contributed by atoms with Crippen LogP contribution in [0.3, 0.4) is 0 Å². The second-order valence-electron chi connectivity index (χ2n) is 4.57. The van der Waals surface area contributed by atoms with Gasteiger partial charge in [0.05, 0.1) is 18.7 Å². The number of methoxy groups -OCH3 is 1. The van der Waals surface area contributed by atoms with Gasteiger partial charge in [-0.1, -0.05) is 41.4 Å². The first-order valence-corrected chi connectivity index (χ1v) is 7.17. The Bertz CT molecular complexity index is 658. The molecule has 1 N–H and O–H groups in total. The van der Waals surface area contributed by atoms with E-state index in [-0.39, 0.29) is 12.0 Å². The van der Waals surface area contributed by atoms with Crippen molar-refractivity contribution in [1.82, 2.24) is 0 Å². The minimum atomic E-state index is -0.382. The number of carbonyl (C=O) groups excluding carboxylic acids is 1. The Balaban J connectivity index is 2.27. The standard InChI is InChI=1S/C16H15Cl2NO2/c1-10(12-8-7-11(17)9-14(12)18)19-15-6-4-3-5-13(15)16(20)21-2/h3-10,19H,1-2H3. The van der Waals surface area contributed by atoms with E-state index < -0.39 is 0 Å². The van der Waals surface area contributed by atoms with Gasteiger partial charge in [-0.05, 0) is 36.8 Å². The van der Waals surface area contributed by atoms with Gasteiger partial charge in [-0.25, -0.2) is 4.79 Å². The molecule has 3 nitrogen and oxygen atoms in total. The fraction of sp³-hybridized carbons (Fsp3) is 0.188. The van der Waals surface area contributed by atoms with Crippen LogP contribution in [0, 0.1) is 0 Å². The first-order chi connectivity index (χ1) is 10.0. The molecular formula is C16H15Cl2NO2. The number of anilines is 1. The van der Waals surface area contributed by atoms with E-state index in [9.17, 15) is 4.79 Å². The molecular weight excluding hydrogens is 309 g/mol. The molecule has 1 atom stereocenters. The monoisotopic (exact) mass is 323 g/mol. The maximum absolute atomic E-state index is 11.8. The summed E-state index contributed by atoms with van der Waals surface area (Å²) in [5, 5.41) is 4.44. The molecule has 2 aromatic carbocycles. The van der Waals surface area contributed by atoms with Crippen LogP contribution >= 0.6 is 23.2 Å². The summed E-state index contributed by atoms with van der Waals surface area (Å²) in [6.07, 6.45) is 0. The number of para-hydroxylation sites is 1. The second kappa shape index (κ2) is 6.83. The van der Waals surface area contributed by atoms with Gasteiger partial charge in [0, 0.05) is 15.7 Å². The first-order valence-electron chi connectivity index (χ1n) is 6.41. The van der Waals surface area contributed by atoms with Gasteiger partial charge < -0.3 is 10.1 Å². The summed E-state index contributed by atoms with van der Waals surface area (Å²) in [7, 11) is 1.36. The number of hydrogen-bond acceptors (Lipinski definition) is 3. The molecule has 0 aliphatic carbocycles. The molecule has 0 aromatic heterocycles. The van der Waals surface area contributed by atoms with Gasteiger partial charge in [0.1, 0.15) is 0 Å². The lowest BCUT2D eigenvalue weighted by molar-refractivity contribution is 0.0602. The Morgan fingerprint density at radius 2 is 1.90 bits per heavy atom. The number of rotatable bonds is 4. The molecule has 0 saturated heterocycles. The van der Waals surface area contributed by atoms with Crippen molar-refractivity contribution in [1.29, 1.82) is 0 Å². The average molecular weight is 324 g/mol.